The van der Waals surface area contributed by atoms with Gasteiger partial charge in [-0.25, -0.2) is 0 Å². The van der Waals surface area contributed by atoms with E-state index in [1.165, 1.54) is 0 Å². The van der Waals surface area contributed by atoms with E-state index in [9.17, 15) is 0 Å². The second kappa shape index (κ2) is 5.91. The van der Waals surface area contributed by atoms with Crippen molar-refractivity contribution in [2.24, 2.45) is 0 Å². The van der Waals surface area contributed by atoms with Crippen molar-refractivity contribution in [3.63, 3.8) is 0 Å². The summed E-state index contributed by atoms with van der Waals surface area (Å²) in [5.74, 6) is 0. The van der Waals surface area contributed by atoms with E-state index in [1.54, 1.807) is 30.3 Å². The summed E-state index contributed by atoms with van der Waals surface area (Å²) < 4.78 is 0. The highest BCUT2D eigenvalue weighted by Crippen LogP contribution is 2.21. The van der Waals surface area contributed by atoms with Crippen molar-refractivity contribution in [2.45, 2.75) is 6.54 Å². The largest absolute Gasteiger partial charge is 0.379 e. The summed E-state index contributed by atoms with van der Waals surface area (Å²) >= 11 is 5.82. The fourth-order valence-electron chi connectivity index (χ4n) is 1.72. The van der Waals surface area contributed by atoms with Gasteiger partial charge in [-0.2, -0.15) is 10.5 Å². The molecule has 0 saturated carbocycles. The van der Waals surface area contributed by atoms with Gasteiger partial charge in [0, 0.05) is 11.6 Å². The van der Waals surface area contributed by atoms with Crippen LogP contribution in [0.5, 0.6) is 0 Å². The number of halogens is 1. The smallest absolute Gasteiger partial charge is 0.101 e. The number of nitriles is 2. The first kappa shape index (κ1) is 13.0. The number of hydrogen-bond donors (Lipinski definition) is 1. The quantitative estimate of drug-likeness (QED) is 0.922. The van der Waals surface area contributed by atoms with Gasteiger partial charge in [0.05, 0.1) is 16.8 Å². The molecule has 2 aromatic rings. The molecule has 0 aliphatic carbocycles. The maximum absolute atomic E-state index is 9.06. The average Bonchev–Trinajstić information content (AvgIpc) is 2.46. The molecule has 0 aromatic heterocycles. The zero-order chi connectivity index (χ0) is 13.7. The molecule has 0 saturated heterocycles. The molecule has 2 rings (SSSR count). The van der Waals surface area contributed by atoms with E-state index in [-0.39, 0.29) is 0 Å². The average molecular weight is 268 g/mol. The van der Waals surface area contributed by atoms with Crippen LogP contribution >= 0.6 is 11.6 Å². The van der Waals surface area contributed by atoms with Gasteiger partial charge in [-0.15, -0.1) is 0 Å². The van der Waals surface area contributed by atoms with Gasteiger partial charge < -0.3 is 5.32 Å². The molecule has 0 unspecified atom stereocenters. The summed E-state index contributed by atoms with van der Waals surface area (Å²) in [6, 6.07) is 16.6. The number of rotatable bonds is 3. The van der Waals surface area contributed by atoms with Gasteiger partial charge in [0.25, 0.3) is 0 Å². The van der Waals surface area contributed by atoms with Gasteiger partial charge in [-0.05, 0) is 29.8 Å². The fourth-order valence-corrected chi connectivity index (χ4v) is 1.85. The lowest BCUT2D eigenvalue weighted by Gasteiger charge is -2.10. The molecule has 19 heavy (non-hydrogen) atoms. The monoisotopic (exact) mass is 267 g/mol. The molecule has 4 heteroatoms. The van der Waals surface area contributed by atoms with Gasteiger partial charge in [0.2, 0.25) is 0 Å². The summed E-state index contributed by atoms with van der Waals surface area (Å²) in [5, 5.41) is 21.9. The van der Waals surface area contributed by atoms with Crippen molar-refractivity contribution in [3.05, 3.63) is 64.2 Å². The third kappa shape index (κ3) is 3.04. The van der Waals surface area contributed by atoms with Crippen molar-refractivity contribution in [3.8, 4) is 12.1 Å². The molecule has 0 bridgehead atoms. The Hall–Kier alpha value is -2.49. The maximum atomic E-state index is 9.06. The SMILES string of the molecule is N#Cc1cccc(C#N)c1NCc1ccc(Cl)cc1. The Morgan fingerprint density at radius 2 is 1.53 bits per heavy atom. The number of nitrogens with one attached hydrogen (secondary N) is 1. The van der Waals surface area contributed by atoms with E-state index in [4.69, 9.17) is 22.1 Å². The molecule has 1 N–H and O–H groups in total. The predicted octanol–water partition coefficient (Wildman–Crippen LogP) is 3.70. The first-order valence-electron chi connectivity index (χ1n) is 5.66. The zero-order valence-corrected chi connectivity index (χ0v) is 10.8. The number of anilines is 1. The number of hydrogen-bond acceptors (Lipinski definition) is 3. The molecule has 0 heterocycles. The van der Waals surface area contributed by atoms with Crippen LogP contribution in [-0.4, -0.2) is 0 Å². The van der Waals surface area contributed by atoms with Gasteiger partial charge in [-0.3, -0.25) is 0 Å². The van der Waals surface area contributed by atoms with Gasteiger partial charge in [-0.1, -0.05) is 29.8 Å². The first-order valence-corrected chi connectivity index (χ1v) is 6.04. The van der Waals surface area contributed by atoms with E-state index in [2.05, 4.69) is 17.5 Å². The molecule has 0 fully saturated rings. The molecular formula is C15H10ClN3. The number of para-hydroxylation sites is 1. The van der Waals surface area contributed by atoms with Crippen molar-refractivity contribution in [2.75, 3.05) is 5.32 Å². The third-order valence-electron chi connectivity index (χ3n) is 2.69. The van der Waals surface area contributed by atoms with Crippen LogP contribution in [0.3, 0.4) is 0 Å². The van der Waals surface area contributed by atoms with Crippen LogP contribution in [0, 0.1) is 22.7 Å². The highest BCUT2D eigenvalue weighted by molar-refractivity contribution is 6.30. The first-order chi connectivity index (χ1) is 9.24. The lowest BCUT2D eigenvalue weighted by molar-refractivity contribution is 1.14. The van der Waals surface area contributed by atoms with Gasteiger partial charge >= 0.3 is 0 Å². The highest BCUT2D eigenvalue weighted by atomic mass is 35.5. The fraction of sp³-hybridized carbons (Fsp3) is 0.0667. The summed E-state index contributed by atoms with van der Waals surface area (Å²) in [7, 11) is 0. The van der Waals surface area contributed by atoms with E-state index in [1.807, 2.05) is 12.1 Å². The van der Waals surface area contributed by atoms with E-state index < -0.39 is 0 Å². The lowest BCUT2D eigenvalue weighted by Crippen LogP contribution is -2.03. The van der Waals surface area contributed by atoms with Crippen LogP contribution in [0.1, 0.15) is 16.7 Å². The van der Waals surface area contributed by atoms with Crippen LogP contribution < -0.4 is 5.32 Å². The minimum absolute atomic E-state index is 0.466. The molecule has 0 radical (unpaired) electrons. The molecule has 0 atom stereocenters. The van der Waals surface area contributed by atoms with E-state index in [0.717, 1.165) is 5.56 Å². The highest BCUT2D eigenvalue weighted by Gasteiger charge is 2.07. The van der Waals surface area contributed by atoms with Crippen molar-refractivity contribution in [1.82, 2.24) is 0 Å². The standard InChI is InChI=1S/C15H10ClN3/c16-14-6-4-11(5-7-14)10-19-15-12(8-17)2-1-3-13(15)9-18/h1-7,19H,10H2. The van der Waals surface area contributed by atoms with Crippen LogP contribution in [0.25, 0.3) is 0 Å². The Labute approximate surface area is 116 Å². The topological polar surface area (TPSA) is 59.6 Å². The zero-order valence-electron chi connectivity index (χ0n) is 10.0. The summed E-state index contributed by atoms with van der Waals surface area (Å²) in [4.78, 5) is 0. The van der Waals surface area contributed by atoms with Gasteiger partial charge in [0.15, 0.2) is 0 Å². The number of nitrogens with zero attached hydrogens (tertiary/aromatic N) is 2. The molecule has 0 aliphatic heterocycles. The van der Waals surface area contributed by atoms with Crippen molar-refractivity contribution in [1.29, 1.82) is 10.5 Å². The Bertz CT molecular complexity index is 631. The summed E-state index contributed by atoms with van der Waals surface area (Å²) in [6.07, 6.45) is 0. The van der Waals surface area contributed by atoms with E-state index >= 15 is 0 Å². The lowest BCUT2D eigenvalue weighted by atomic mass is 10.1. The molecule has 0 amide bonds. The molecular weight excluding hydrogens is 258 g/mol. The second-order valence-electron chi connectivity index (χ2n) is 3.93. The second-order valence-corrected chi connectivity index (χ2v) is 4.37. The third-order valence-corrected chi connectivity index (χ3v) is 2.94. The van der Waals surface area contributed by atoms with Gasteiger partial charge in [0.1, 0.15) is 12.1 Å². The molecule has 2 aromatic carbocycles. The Kier molecular flexibility index (Phi) is 4.03. The van der Waals surface area contributed by atoms with Crippen molar-refractivity contribution >= 4 is 17.3 Å². The summed E-state index contributed by atoms with van der Waals surface area (Å²) in [5.41, 5.74) is 2.53. The van der Waals surface area contributed by atoms with Crippen LogP contribution in [0.4, 0.5) is 5.69 Å². The van der Waals surface area contributed by atoms with Crippen LogP contribution in [0.2, 0.25) is 5.02 Å². The predicted molar refractivity (Wildman–Crippen MR) is 74.7 cm³/mol. The van der Waals surface area contributed by atoms with Crippen LogP contribution in [0.15, 0.2) is 42.5 Å². The normalized spacial score (nSPS) is 9.42. The molecule has 0 aliphatic rings. The molecule has 92 valence electrons. The molecule has 0 spiro atoms. The Morgan fingerprint density at radius 1 is 0.947 bits per heavy atom. The minimum Gasteiger partial charge on any atom is -0.379 e. The Morgan fingerprint density at radius 3 is 2.05 bits per heavy atom. The molecule has 3 nitrogen and oxygen atoms in total. The summed E-state index contributed by atoms with van der Waals surface area (Å²) in [6.45, 7) is 0.532. The van der Waals surface area contributed by atoms with Crippen LogP contribution in [-0.2, 0) is 6.54 Å². The van der Waals surface area contributed by atoms with Crippen molar-refractivity contribution < 1.29 is 0 Å². The van der Waals surface area contributed by atoms with E-state index in [0.29, 0.717) is 28.4 Å². The number of benzene rings is 2. The maximum Gasteiger partial charge on any atom is 0.101 e. The Balaban J connectivity index is 2.22. The minimum atomic E-state index is 0.466.